The molecular weight excluding hydrogens is 222 g/mol. The van der Waals surface area contributed by atoms with Crippen LogP contribution in [0.2, 0.25) is 0 Å². The Morgan fingerprint density at radius 3 is 3.06 bits per heavy atom. The van der Waals surface area contributed by atoms with Crippen LogP contribution in [0.15, 0.2) is 42.9 Å². The van der Waals surface area contributed by atoms with Gasteiger partial charge in [0.05, 0.1) is 5.70 Å². The van der Waals surface area contributed by atoms with E-state index in [1.54, 1.807) is 6.33 Å². The van der Waals surface area contributed by atoms with Crippen molar-refractivity contribution in [1.29, 1.82) is 0 Å². The van der Waals surface area contributed by atoms with Crippen LogP contribution in [0.1, 0.15) is 5.56 Å². The highest BCUT2D eigenvalue weighted by Gasteiger charge is 2.20. The summed E-state index contributed by atoms with van der Waals surface area (Å²) >= 11 is 0. The van der Waals surface area contributed by atoms with Gasteiger partial charge >= 0.3 is 0 Å². The number of aromatic nitrogens is 2. The van der Waals surface area contributed by atoms with Crippen LogP contribution >= 0.6 is 0 Å². The van der Waals surface area contributed by atoms with Crippen molar-refractivity contribution in [2.24, 2.45) is 0 Å². The van der Waals surface area contributed by atoms with Gasteiger partial charge in [-0.15, -0.1) is 0 Å². The van der Waals surface area contributed by atoms with Gasteiger partial charge in [0.25, 0.3) is 0 Å². The van der Waals surface area contributed by atoms with E-state index >= 15 is 0 Å². The fourth-order valence-corrected chi connectivity index (χ4v) is 2.57. The Morgan fingerprint density at radius 1 is 1.11 bits per heavy atom. The molecule has 3 nitrogen and oxygen atoms in total. The van der Waals surface area contributed by atoms with E-state index in [4.69, 9.17) is 0 Å². The van der Waals surface area contributed by atoms with E-state index in [-0.39, 0.29) is 0 Å². The number of rotatable bonds is 0. The molecule has 2 aromatic rings. The van der Waals surface area contributed by atoms with Crippen molar-refractivity contribution < 1.29 is 0 Å². The van der Waals surface area contributed by atoms with Gasteiger partial charge in [0.2, 0.25) is 0 Å². The zero-order chi connectivity index (χ0) is 11.9. The summed E-state index contributed by atoms with van der Waals surface area (Å²) in [7, 11) is 0. The van der Waals surface area contributed by atoms with Gasteiger partial charge in [-0.2, -0.15) is 0 Å². The van der Waals surface area contributed by atoms with Crippen LogP contribution in [0, 0.1) is 0 Å². The van der Waals surface area contributed by atoms with Crippen LogP contribution in [0.5, 0.6) is 0 Å². The molecule has 0 aliphatic carbocycles. The molecular formula is C15H11N3. The predicted octanol–water partition coefficient (Wildman–Crippen LogP) is 0.912. The van der Waals surface area contributed by atoms with Crippen molar-refractivity contribution >= 4 is 23.7 Å². The van der Waals surface area contributed by atoms with E-state index in [9.17, 15) is 0 Å². The summed E-state index contributed by atoms with van der Waals surface area (Å²) in [5.74, 6) is 0.994. The maximum Gasteiger partial charge on any atom is 0.144 e. The SMILES string of the molecule is C1=Cc2cncnc2N2CC=c3ccccc3=C12. The lowest BCUT2D eigenvalue weighted by molar-refractivity contribution is 1.02. The number of hydrogen-bond donors (Lipinski definition) is 0. The van der Waals surface area contributed by atoms with Gasteiger partial charge in [0.15, 0.2) is 0 Å². The third-order valence-electron chi connectivity index (χ3n) is 3.42. The average molecular weight is 233 g/mol. The molecule has 18 heavy (non-hydrogen) atoms. The minimum Gasteiger partial charge on any atom is -0.321 e. The van der Waals surface area contributed by atoms with Crippen molar-refractivity contribution in [1.82, 2.24) is 9.97 Å². The van der Waals surface area contributed by atoms with Gasteiger partial charge in [0, 0.05) is 23.5 Å². The molecule has 2 aliphatic rings. The van der Waals surface area contributed by atoms with Crippen molar-refractivity contribution in [3.8, 4) is 0 Å². The molecule has 0 atom stereocenters. The van der Waals surface area contributed by atoms with Crippen LogP contribution in [0.25, 0.3) is 17.8 Å². The largest absolute Gasteiger partial charge is 0.321 e. The lowest BCUT2D eigenvalue weighted by Gasteiger charge is -2.29. The van der Waals surface area contributed by atoms with Crippen LogP contribution in [-0.4, -0.2) is 16.5 Å². The van der Waals surface area contributed by atoms with Gasteiger partial charge < -0.3 is 4.90 Å². The van der Waals surface area contributed by atoms with Crippen LogP contribution in [0.4, 0.5) is 5.82 Å². The van der Waals surface area contributed by atoms with Crippen molar-refractivity contribution in [3.63, 3.8) is 0 Å². The molecule has 0 radical (unpaired) electrons. The zero-order valence-electron chi connectivity index (χ0n) is 9.74. The van der Waals surface area contributed by atoms with Gasteiger partial charge in [-0.05, 0) is 17.4 Å². The Kier molecular flexibility index (Phi) is 1.88. The van der Waals surface area contributed by atoms with Crippen molar-refractivity contribution in [3.05, 3.63) is 58.9 Å². The third-order valence-corrected chi connectivity index (χ3v) is 3.42. The summed E-state index contributed by atoms with van der Waals surface area (Å²) in [5, 5.41) is 2.56. The minimum atomic E-state index is 0.862. The second-order valence-corrected chi connectivity index (χ2v) is 4.42. The van der Waals surface area contributed by atoms with E-state index in [2.05, 4.69) is 57.4 Å². The fraction of sp³-hybridized carbons (Fsp3) is 0.0667. The molecule has 0 saturated carbocycles. The minimum absolute atomic E-state index is 0.862. The fourth-order valence-electron chi connectivity index (χ4n) is 2.57. The molecule has 86 valence electrons. The number of nitrogens with zero attached hydrogens (tertiary/aromatic N) is 3. The first kappa shape index (κ1) is 9.59. The third kappa shape index (κ3) is 1.24. The average Bonchev–Trinajstić information content (AvgIpc) is 2.46. The summed E-state index contributed by atoms with van der Waals surface area (Å²) in [5.41, 5.74) is 2.30. The summed E-state index contributed by atoms with van der Waals surface area (Å²) < 4.78 is 0. The Balaban J connectivity index is 2.06. The van der Waals surface area contributed by atoms with Gasteiger partial charge in [-0.25, -0.2) is 9.97 Å². The van der Waals surface area contributed by atoms with E-state index in [0.717, 1.165) is 17.9 Å². The van der Waals surface area contributed by atoms with Gasteiger partial charge in [0.1, 0.15) is 12.1 Å². The van der Waals surface area contributed by atoms with Gasteiger partial charge in [-0.1, -0.05) is 30.3 Å². The van der Waals surface area contributed by atoms with Crippen LogP contribution < -0.4 is 15.3 Å². The molecule has 1 aromatic heterocycles. The summed E-state index contributed by atoms with van der Waals surface area (Å²) in [6, 6.07) is 8.47. The first-order chi connectivity index (χ1) is 8.93. The maximum absolute atomic E-state index is 4.40. The summed E-state index contributed by atoms with van der Waals surface area (Å²) in [6.45, 7) is 0.862. The highest BCUT2D eigenvalue weighted by Crippen LogP contribution is 2.28. The molecule has 1 aromatic carbocycles. The Bertz CT molecular complexity index is 774. The summed E-state index contributed by atoms with van der Waals surface area (Å²) in [6.07, 6.45) is 9.94. The monoisotopic (exact) mass is 233 g/mol. The van der Waals surface area contributed by atoms with E-state index in [0.29, 0.717) is 0 Å². The molecule has 3 heterocycles. The molecule has 0 spiro atoms. The lowest BCUT2D eigenvalue weighted by Crippen LogP contribution is -2.40. The molecule has 3 heteroatoms. The zero-order valence-corrected chi connectivity index (χ0v) is 9.74. The molecule has 0 N–H and O–H groups in total. The number of fused-ring (bicyclic) bond motifs is 4. The van der Waals surface area contributed by atoms with Gasteiger partial charge in [-0.3, -0.25) is 0 Å². The first-order valence-electron chi connectivity index (χ1n) is 5.99. The van der Waals surface area contributed by atoms with E-state index in [1.807, 2.05) is 6.20 Å². The quantitative estimate of drug-likeness (QED) is 0.677. The highest BCUT2D eigenvalue weighted by molar-refractivity contribution is 5.87. The van der Waals surface area contributed by atoms with E-state index < -0.39 is 0 Å². The number of benzene rings is 1. The van der Waals surface area contributed by atoms with Crippen molar-refractivity contribution in [2.75, 3.05) is 11.4 Å². The van der Waals surface area contributed by atoms with Crippen LogP contribution in [0.3, 0.4) is 0 Å². The first-order valence-corrected chi connectivity index (χ1v) is 5.99. The predicted molar refractivity (Wildman–Crippen MR) is 72.0 cm³/mol. The number of hydrogen-bond acceptors (Lipinski definition) is 3. The Hall–Kier alpha value is -2.42. The number of anilines is 1. The Labute approximate surface area is 104 Å². The van der Waals surface area contributed by atoms with Crippen LogP contribution in [-0.2, 0) is 0 Å². The molecule has 0 amide bonds. The second-order valence-electron chi connectivity index (χ2n) is 4.42. The molecule has 4 rings (SSSR count). The standard InChI is InChI=1S/C15H11N3/c1-2-4-13-11(3-1)7-8-18-14(13)6-5-12-9-16-10-17-15(12)18/h1-7,9-10H,8H2. The van der Waals surface area contributed by atoms with Crippen molar-refractivity contribution in [2.45, 2.75) is 0 Å². The molecule has 2 aliphatic heterocycles. The van der Waals surface area contributed by atoms with E-state index in [1.165, 1.54) is 16.1 Å². The lowest BCUT2D eigenvalue weighted by atomic mass is 10.1. The molecule has 0 fully saturated rings. The Morgan fingerprint density at radius 2 is 2.06 bits per heavy atom. The molecule has 0 saturated heterocycles. The second kappa shape index (κ2) is 3.53. The topological polar surface area (TPSA) is 29.0 Å². The highest BCUT2D eigenvalue weighted by atomic mass is 15.2. The summed E-state index contributed by atoms with van der Waals surface area (Å²) in [4.78, 5) is 10.7. The molecule has 0 bridgehead atoms. The molecule has 0 unspecified atom stereocenters. The maximum atomic E-state index is 4.40. The normalized spacial score (nSPS) is 15.6. The smallest absolute Gasteiger partial charge is 0.144 e.